The van der Waals surface area contributed by atoms with E-state index in [1.54, 1.807) is 10.6 Å². The minimum atomic E-state index is -0.0909. The predicted molar refractivity (Wildman–Crippen MR) is 124 cm³/mol. The van der Waals surface area contributed by atoms with Gasteiger partial charge in [0.1, 0.15) is 5.82 Å². The van der Waals surface area contributed by atoms with E-state index in [0.717, 1.165) is 43.0 Å². The van der Waals surface area contributed by atoms with Crippen LogP contribution in [0, 0.1) is 20.8 Å². The molecule has 5 nitrogen and oxygen atoms in total. The van der Waals surface area contributed by atoms with E-state index in [4.69, 9.17) is 11.6 Å². The molecular weight excluding hydrogens is 396 g/mol. The summed E-state index contributed by atoms with van der Waals surface area (Å²) in [5.74, 6) is 0.659. The van der Waals surface area contributed by atoms with E-state index >= 15 is 0 Å². The number of nitrogens with one attached hydrogen (secondary N) is 1. The molecule has 30 heavy (non-hydrogen) atoms. The standard InChI is InChI=1S/C24H27ClN4O/c1-16-5-4-6-20(13-16)27-19-9-11-28(12-10-19)23-8-7-21(15-22(23)25)29-18(3)26-17(2)14-24(29)30/h4-8,13-15,19,27H,9-12H2,1-3H3. The Hall–Kier alpha value is -2.79. The first-order valence-corrected chi connectivity index (χ1v) is 10.7. The summed E-state index contributed by atoms with van der Waals surface area (Å²) in [6.45, 7) is 7.65. The first-order valence-electron chi connectivity index (χ1n) is 10.4. The number of halogens is 1. The monoisotopic (exact) mass is 422 g/mol. The zero-order valence-electron chi connectivity index (χ0n) is 17.7. The summed E-state index contributed by atoms with van der Waals surface area (Å²) in [6.07, 6.45) is 2.10. The maximum absolute atomic E-state index is 12.4. The van der Waals surface area contributed by atoms with Crippen molar-refractivity contribution in [3.05, 3.63) is 81.0 Å². The van der Waals surface area contributed by atoms with Gasteiger partial charge in [0.05, 0.1) is 16.4 Å². The van der Waals surface area contributed by atoms with Crippen molar-refractivity contribution < 1.29 is 0 Å². The maximum Gasteiger partial charge on any atom is 0.258 e. The number of benzene rings is 2. The Kier molecular flexibility index (Phi) is 5.82. The van der Waals surface area contributed by atoms with Gasteiger partial charge in [0.15, 0.2) is 0 Å². The lowest BCUT2D eigenvalue weighted by molar-refractivity contribution is 0.527. The zero-order valence-corrected chi connectivity index (χ0v) is 18.4. The quantitative estimate of drug-likeness (QED) is 0.650. The van der Waals surface area contributed by atoms with Crippen LogP contribution >= 0.6 is 11.6 Å². The molecule has 2 heterocycles. The molecule has 0 radical (unpaired) electrons. The van der Waals surface area contributed by atoms with Crippen LogP contribution in [0.4, 0.5) is 11.4 Å². The summed E-state index contributed by atoms with van der Waals surface area (Å²) in [5, 5.41) is 4.31. The lowest BCUT2D eigenvalue weighted by Gasteiger charge is -2.35. The zero-order chi connectivity index (χ0) is 21.3. The summed E-state index contributed by atoms with van der Waals surface area (Å²) < 4.78 is 1.60. The minimum absolute atomic E-state index is 0.0909. The van der Waals surface area contributed by atoms with E-state index in [2.05, 4.69) is 46.4 Å². The molecule has 2 aromatic carbocycles. The summed E-state index contributed by atoms with van der Waals surface area (Å²) in [6, 6.07) is 16.3. The van der Waals surface area contributed by atoms with E-state index in [1.807, 2.05) is 32.0 Å². The molecule has 1 aliphatic heterocycles. The Balaban J connectivity index is 1.47. The second-order valence-electron chi connectivity index (χ2n) is 8.03. The second-order valence-corrected chi connectivity index (χ2v) is 8.44. The van der Waals surface area contributed by atoms with Crippen molar-refractivity contribution in [2.45, 2.75) is 39.7 Å². The molecule has 0 spiro atoms. The molecule has 156 valence electrons. The molecule has 0 atom stereocenters. The molecule has 1 aliphatic rings. The number of nitrogens with zero attached hydrogens (tertiary/aromatic N) is 3. The third kappa shape index (κ3) is 4.36. The van der Waals surface area contributed by atoms with Crippen molar-refractivity contribution in [2.75, 3.05) is 23.3 Å². The van der Waals surface area contributed by atoms with Gasteiger partial charge in [-0.2, -0.15) is 0 Å². The molecule has 0 unspecified atom stereocenters. The fraction of sp³-hybridized carbons (Fsp3) is 0.333. The van der Waals surface area contributed by atoms with E-state index in [9.17, 15) is 4.79 Å². The molecular formula is C24H27ClN4O. The minimum Gasteiger partial charge on any atom is -0.382 e. The molecule has 0 amide bonds. The van der Waals surface area contributed by atoms with Crippen LogP contribution in [0.15, 0.2) is 53.3 Å². The molecule has 0 saturated carbocycles. The Morgan fingerprint density at radius 3 is 2.47 bits per heavy atom. The van der Waals surface area contributed by atoms with Crippen molar-refractivity contribution >= 4 is 23.0 Å². The first-order chi connectivity index (χ1) is 14.4. The normalized spacial score (nSPS) is 14.7. The average Bonchev–Trinajstić information content (AvgIpc) is 2.68. The third-order valence-electron chi connectivity index (χ3n) is 5.63. The molecule has 1 saturated heterocycles. The molecule has 1 aromatic heterocycles. The van der Waals surface area contributed by atoms with Crippen LogP contribution in [-0.4, -0.2) is 28.7 Å². The number of aryl methyl sites for hydroxylation is 3. The highest BCUT2D eigenvalue weighted by atomic mass is 35.5. The number of anilines is 2. The number of hydrogen-bond acceptors (Lipinski definition) is 4. The first kappa shape index (κ1) is 20.5. The van der Waals surface area contributed by atoms with Gasteiger partial charge in [0.2, 0.25) is 0 Å². The van der Waals surface area contributed by atoms with Crippen LogP contribution in [0.25, 0.3) is 5.69 Å². The Labute approximate surface area is 182 Å². The van der Waals surface area contributed by atoms with E-state index < -0.39 is 0 Å². The van der Waals surface area contributed by atoms with Crippen molar-refractivity contribution in [1.29, 1.82) is 0 Å². The second kappa shape index (κ2) is 8.52. The van der Waals surface area contributed by atoms with Gasteiger partial charge in [0, 0.05) is 36.6 Å². The lowest BCUT2D eigenvalue weighted by atomic mass is 10.0. The van der Waals surface area contributed by atoms with Gasteiger partial charge < -0.3 is 10.2 Å². The van der Waals surface area contributed by atoms with Crippen molar-refractivity contribution in [2.24, 2.45) is 0 Å². The number of hydrogen-bond donors (Lipinski definition) is 1. The predicted octanol–water partition coefficient (Wildman–Crippen LogP) is 4.89. The Morgan fingerprint density at radius 2 is 1.80 bits per heavy atom. The number of rotatable bonds is 4. The number of aromatic nitrogens is 2. The van der Waals surface area contributed by atoms with Gasteiger partial charge in [0.25, 0.3) is 5.56 Å². The molecule has 1 fully saturated rings. The Bertz CT molecular complexity index is 1120. The number of piperidine rings is 1. The van der Waals surface area contributed by atoms with Gasteiger partial charge in [-0.05, 0) is 69.5 Å². The fourth-order valence-corrected chi connectivity index (χ4v) is 4.48. The van der Waals surface area contributed by atoms with Crippen LogP contribution in [0.1, 0.15) is 29.9 Å². The highest BCUT2D eigenvalue weighted by Crippen LogP contribution is 2.31. The van der Waals surface area contributed by atoms with Gasteiger partial charge in [-0.25, -0.2) is 4.98 Å². The van der Waals surface area contributed by atoms with Crippen LogP contribution in [0.3, 0.4) is 0 Å². The van der Waals surface area contributed by atoms with Crippen molar-refractivity contribution in [3.8, 4) is 5.69 Å². The molecule has 1 N–H and O–H groups in total. The van der Waals surface area contributed by atoms with Crippen LogP contribution in [-0.2, 0) is 0 Å². The van der Waals surface area contributed by atoms with Crippen molar-refractivity contribution in [1.82, 2.24) is 9.55 Å². The maximum atomic E-state index is 12.4. The van der Waals surface area contributed by atoms with Gasteiger partial charge in [-0.1, -0.05) is 23.7 Å². The van der Waals surface area contributed by atoms with Crippen LogP contribution < -0.4 is 15.8 Å². The lowest BCUT2D eigenvalue weighted by Crippen LogP contribution is -2.39. The summed E-state index contributed by atoms with van der Waals surface area (Å²) in [7, 11) is 0. The SMILES string of the molecule is Cc1cccc(NC2CCN(c3ccc(-n4c(C)nc(C)cc4=O)cc3Cl)CC2)c1. The molecule has 0 aliphatic carbocycles. The fourth-order valence-electron chi connectivity index (χ4n) is 4.18. The van der Waals surface area contributed by atoms with E-state index in [-0.39, 0.29) is 5.56 Å². The molecule has 4 rings (SSSR count). The van der Waals surface area contributed by atoms with Crippen LogP contribution in [0.2, 0.25) is 5.02 Å². The Morgan fingerprint density at radius 1 is 1.03 bits per heavy atom. The molecule has 3 aromatic rings. The smallest absolute Gasteiger partial charge is 0.258 e. The summed E-state index contributed by atoms with van der Waals surface area (Å²) in [4.78, 5) is 19.2. The van der Waals surface area contributed by atoms with Gasteiger partial charge in [-0.15, -0.1) is 0 Å². The largest absolute Gasteiger partial charge is 0.382 e. The topological polar surface area (TPSA) is 50.2 Å². The van der Waals surface area contributed by atoms with Gasteiger partial charge >= 0.3 is 0 Å². The highest BCUT2D eigenvalue weighted by molar-refractivity contribution is 6.33. The van der Waals surface area contributed by atoms with Crippen molar-refractivity contribution in [3.63, 3.8) is 0 Å². The third-order valence-corrected chi connectivity index (χ3v) is 5.93. The van der Waals surface area contributed by atoms with Gasteiger partial charge in [-0.3, -0.25) is 9.36 Å². The highest BCUT2D eigenvalue weighted by Gasteiger charge is 2.21. The molecule has 0 bridgehead atoms. The molecule has 6 heteroatoms. The average molecular weight is 423 g/mol. The van der Waals surface area contributed by atoms with E-state index in [0.29, 0.717) is 16.9 Å². The van der Waals surface area contributed by atoms with Crippen LogP contribution in [0.5, 0.6) is 0 Å². The summed E-state index contributed by atoms with van der Waals surface area (Å²) >= 11 is 6.64. The van der Waals surface area contributed by atoms with E-state index in [1.165, 1.54) is 11.3 Å². The summed E-state index contributed by atoms with van der Waals surface area (Å²) in [5.41, 5.74) is 4.84.